The molecule has 7 heteroatoms. The molecular weight excluding hydrogens is 309 g/mol. The molecule has 0 aliphatic carbocycles. The summed E-state index contributed by atoms with van der Waals surface area (Å²) in [5, 5.41) is 8.83. The lowest BCUT2D eigenvalue weighted by atomic mass is 10.1. The summed E-state index contributed by atoms with van der Waals surface area (Å²) in [5.74, 6) is -1.51. The fraction of sp³-hybridized carbons (Fsp3) is 0.364. The third kappa shape index (κ3) is 2.28. The van der Waals surface area contributed by atoms with Crippen molar-refractivity contribution in [2.75, 3.05) is 13.2 Å². The molecule has 0 radical (unpaired) electrons. The van der Waals surface area contributed by atoms with Crippen LogP contribution in [0.4, 0.5) is 4.39 Å². The van der Waals surface area contributed by atoms with Crippen molar-refractivity contribution in [3.8, 4) is 11.5 Å². The summed E-state index contributed by atoms with van der Waals surface area (Å²) in [6.45, 7) is 0.836. The monoisotopic (exact) mass is 319 g/mol. The van der Waals surface area contributed by atoms with E-state index < -0.39 is 17.8 Å². The van der Waals surface area contributed by atoms with Gasteiger partial charge in [0, 0.05) is 12.0 Å². The van der Waals surface area contributed by atoms with Crippen LogP contribution in [0, 0.1) is 5.82 Å². The van der Waals surface area contributed by atoms with E-state index in [9.17, 15) is 9.18 Å². The first kappa shape index (κ1) is 13.1. The lowest BCUT2D eigenvalue weighted by Gasteiger charge is -2.15. The van der Waals surface area contributed by atoms with Crippen LogP contribution in [0.25, 0.3) is 0 Å². The first-order valence-electron chi connectivity index (χ1n) is 5.28. The molecule has 1 aromatic carbocycles. The van der Waals surface area contributed by atoms with Gasteiger partial charge in [0.05, 0.1) is 17.7 Å². The summed E-state index contributed by atoms with van der Waals surface area (Å²) in [6.07, 6.45) is 0.670. The van der Waals surface area contributed by atoms with Crippen LogP contribution < -0.4 is 15.2 Å². The minimum atomic E-state index is -1.45. The van der Waals surface area contributed by atoms with E-state index in [1.807, 2.05) is 0 Å². The van der Waals surface area contributed by atoms with Gasteiger partial charge in [-0.05, 0) is 22.0 Å². The molecule has 1 aromatic rings. The fourth-order valence-corrected chi connectivity index (χ4v) is 2.16. The smallest absolute Gasteiger partial charge is 0.325 e. The summed E-state index contributed by atoms with van der Waals surface area (Å²) in [7, 11) is 0. The highest BCUT2D eigenvalue weighted by molar-refractivity contribution is 9.10. The highest BCUT2D eigenvalue weighted by Crippen LogP contribution is 2.41. The van der Waals surface area contributed by atoms with Gasteiger partial charge in [0.25, 0.3) is 0 Å². The fourth-order valence-electron chi connectivity index (χ4n) is 1.62. The molecule has 1 aliphatic rings. The number of carboxylic acid groups (broad SMARTS) is 1. The third-order valence-corrected chi connectivity index (χ3v) is 3.26. The Hall–Kier alpha value is -1.34. The summed E-state index contributed by atoms with van der Waals surface area (Å²) < 4.78 is 24.8. The molecule has 18 heavy (non-hydrogen) atoms. The molecule has 0 bridgehead atoms. The first-order chi connectivity index (χ1) is 8.52. The second-order valence-corrected chi connectivity index (χ2v) is 4.58. The normalized spacial score (nSPS) is 15.9. The zero-order valence-corrected chi connectivity index (χ0v) is 10.9. The van der Waals surface area contributed by atoms with Crippen molar-refractivity contribution < 1.29 is 23.8 Å². The first-order valence-corrected chi connectivity index (χ1v) is 6.07. The SMILES string of the molecule is NC(C(=O)O)c1cc2c(c(Br)c1F)OCCCO2. The van der Waals surface area contributed by atoms with E-state index in [-0.39, 0.29) is 15.8 Å². The number of hydrogen-bond donors (Lipinski definition) is 2. The maximum Gasteiger partial charge on any atom is 0.325 e. The Balaban J connectivity index is 2.53. The maximum atomic E-state index is 14.0. The summed E-state index contributed by atoms with van der Waals surface area (Å²) >= 11 is 3.04. The Morgan fingerprint density at radius 3 is 2.83 bits per heavy atom. The Morgan fingerprint density at radius 2 is 2.17 bits per heavy atom. The number of fused-ring (bicyclic) bond motifs is 1. The summed E-state index contributed by atoms with van der Waals surface area (Å²) in [4.78, 5) is 10.8. The van der Waals surface area contributed by atoms with Crippen molar-refractivity contribution >= 4 is 21.9 Å². The summed E-state index contributed by atoms with van der Waals surface area (Å²) in [6, 6.07) is -0.169. The van der Waals surface area contributed by atoms with Crippen LogP contribution in [0.15, 0.2) is 10.5 Å². The van der Waals surface area contributed by atoms with Crippen LogP contribution in [0.3, 0.4) is 0 Å². The molecule has 1 heterocycles. The average molecular weight is 320 g/mol. The zero-order chi connectivity index (χ0) is 13.3. The van der Waals surface area contributed by atoms with Gasteiger partial charge in [-0.25, -0.2) is 4.39 Å². The molecule has 2 rings (SSSR count). The van der Waals surface area contributed by atoms with Crippen LogP contribution in [-0.4, -0.2) is 24.3 Å². The van der Waals surface area contributed by atoms with Gasteiger partial charge in [0.1, 0.15) is 11.9 Å². The molecule has 1 unspecified atom stereocenters. The number of benzene rings is 1. The van der Waals surface area contributed by atoms with Crippen LogP contribution in [0.1, 0.15) is 18.0 Å². The number of nitrogens with two attached hydrogens (primary N) is 1. The van der Waals surface area contributed by atoms with Gasteiger partial charge < -0.3 is 20.3 Å². The molecule has 0 spiro atoms. The summed E-state index contributed by atoms with van der Waals surface area (Å²) in [5.41, 5.74) is 5.28. The standard InChI is InChI=1S/C11H11BrFNO4/c12-7-8(13)5(9(14)11(15)16)4-6-10(7)18-3-1-2-17-6/h4,9H,1-3,14H2,(H,15,16). The largest absolute Gasteiger partial charge is 0.490 e. The van der Waals surface area contributed by atoms with Crippen molar-refractivity contribution in [2.45, 2.75) is 12.5 Å². The second-order valence-electron chi connectivity index (χ2n) is 3.79. The Morgan fingerprint density at radius 1 is 1.50 bits per heavy atom. The van der Waals surface area contributed by atoms with Gasteiger partial charge in [-0.2, -0.15) is 0 Å². The molecule has 98 valence electrons. The minimum Gasteiger partial charge on any atom is -0.490 e. The number of aliphatic carboxylic acids is 1. The maximum absolute atomic E-state index is 14.0. The molecule has 0 aromatic heterocycles. The number of hydrogen-bond acceptors (Lipinski definition) is 4. The van der Waals surface area contributed by atoms with Crippen molar-refractivity contribution in [1.82, 2.24) is 0 Å². The minimum absolute atomic E-state index is 0.0357. The van der Waals surface area contributed by atoms with Crippen molar-refractivity contribution in [3.05, 3.63) is 21.9 Å². The molecular formula is C11H11BrFNO4. The molecule has 0 amide bonds. The van der Waals surface area contributed by atoms with Gasteiger partial charge in [0.2, 0.25) is 0 Å². The number of carbonyl (C=O) groups is 1. The second kappa shape index (κ2) is 5.11. The Kier molecular flexibility index (Phi) is 3.72. The van der Waals surface area contributed by atoms with E-state index >= 15 is 0 Å². The van der Waals surface area contributed by atoms with Gasteiger partial charge in [-0.15, -0.1) is 0 Å². The predicted molar refractivity (Wildman–Crippen MR) is 64.3 cm³/mol. The van der Waals surface area contributed by atoms with Gasteiger partial charge in [-0.1, -0.05) is 0 Å². The highest BCUT2D eigenvalue weighted by atomic mass is 79.9. The lowest BCUT2D eigenvalue weighted by molar-refractivity contribution is -0.138. The third-order valence-electron chi connectivity index (χ3n) is 2.55. The number of carboxylic acids is 1. The van der Waals surface area contributed by atoms with E-state index in [1.165, 1.54) is 6.07 Å². The number of halogens is 2. The molecule has 3 N–H and O–H groups in total. The Labute approximate surface area is 111 Å². The number of rotatable bonds is 2. The molecule has 1 atom stereocenters. The van der Waals surface area contributed by atoms with Gasteiger partial charge in [-0.3, -0.25) is 4.79 Å². The van der Waals surface area contributed by atoms with Crippen LogP contribution in [0.2, 0.25) is 0 Å². The molecule has 0 saturated heterocycles. The molecule has 5 nitrogen and oxygen atoms in total. The van der Waals surface area contributed by atoms with Gasteiger partial charge >= 0.3 is 5.97 Å². The van der Waals surface area contributed by atoms with Crippen LogP contribution >= 0.6 is 15.9 Å². The van der Waals surface area contributed by atoms with E-state index in [1.54, 1.807) is 0 Å². The van der Waals surface area contributed by atoms with Crippen molar-refractivity contribution in [2.24, 2.45) is 5.73 Å². The molecule has 1 aliphatic heterocycles. The quantitative estimate of drug-likeness (QED) is 0.869. The zero-order valence-electron chi connectivity index (χ0n) is 9.28. The molecule has 0 saturated carbocycles. The number of ether oxygens (including phenoxy) is 2. The lowest BCUT2D eigenvalue weighted by Crippen LogP contribution is -2.22. The van der Waals surface area contributed by atoms with Gasteiger partial charge in [0.15, 0.2) is 11.5 Å². The van der Waals surface area contributed by atoms with E-state index in [0.717, 1.165) is 0 Å². The van der Waals surface area contributed by atoms with E-state index in [4.69, 9.17) is 20.3 Å². The van der Waals surface area contributed by atoms with E-state index in [2.05, 4.69) is 15.9 Å². The topological polar surface area (TPSA) is 81.8 Å². The predicted octanol–water partition coefficient (Wildman–Crippen LogP) is 1.83. The highest BCUT2D eigenvalue weighted by Gasteiger charge is 2.26. The van der Waals surface area contributed by atoms with Crippen molar-refractivity contribution in [3.63, 3.8) is 0 Å². The van der Waals surface area contributed by atoms with E-state index in [0.29, 0.717) is 25.4 Å². The van der Waals surface area contributed by atoms with Crippen molar-refractivity contribution in [1.29, 1.82) is 0 Å². The molecule has 0 fully saturated rings. The van der Waals surface area contributed by atoms with Crippen LogP contribution in [-0.2, 0) is 4.79 Å². The van der Waals surface area contributed by atoms with Crippen LogP contribution in [0.5, 0.6) is 11.5 Å². The average Bonchev–Trinajstić information content (AvgIpc) is 2.58. The Bertz CT molecular complexity index is 494.